The molecule has 4 atom stereocenters. The van der Waals surface area contributed by atoms with Crippen molar-refractivity contribution in [2.75, 3.05) is 0 Å². The predicted molar refractivity (Wildman–Crippen MR) is 54.3 cm³/mol. The minimum absolute atomic E-state index is 0.0538. The van der Waals surface area contributed by atoms with Crippen molar-refractivity contribution < 1.29 is 9.53 Å². The first-order chi connectivity index (χ1) is 6.77. The van der Waals surface area contributed by atoms with Gasteiger partial charge in [0.2, 0.25) is 0 Å². The van der Waals surface area contributed by atoms with Crippen LogP contribution in [0.1, 0.15) is 20.3 Å². The van der Waals surface area contributed by atoms with Gasteiger partial charge in [0.05, 0.1) is 5.92 Å². The normalized spacial score (nSPS) is 41.9. The molecule has 0 aromatic heterocycles. The number of fused-ring (bicyclic) bond motifs is 5. The molecule has 1 aliphatic heterocycles. The Morgan fingerprint density at radius 2 is 1.86 bits per heavy atom. The van der Waals surface area contributed by atoms with Gasteiger partial charge in [0.1, 0.15) is 5.76 Å². The number of hydrogen-bond acceptors (Lipinski definition) is 2. The number of carbonyl (C=O) groups is 1. The van der Waals surface area contributed by atoms with E-state index in [-0.39, 0.29) is 11.9 Å². The smallest absolute Gasteiger partial charge is 0.315 e. The Bertz CT molecular complexity index is 275. The third-order valence-electron chi connectivity index (χ3n) is 3.33. The van der Waals surface area contributed by atoms with Crippen molar-refractivity contribution in [3.05, 3.63) is 24.5 Å². The maximum Gasteiger partial charge on any atom is 0.315 e. The molecule has 4 unspecified atom stereocenters. The number of hydrogen-bond donors (Lipinski definition) is 0. The monoisotopic (exact) mass is 192 g/mol. The molecule has 3 rings (SSSR count). The highest BCUT2D eigenvalue weighted by molar-refractivity contribution is 5.79. The van der Waals surface area contributed by atoms with Crippen LogP contribution < -0.4 is 0 Å². The van der Waals surface area contributed by atoms with E-state index >= 15 is 0 Å². The lowest BCUT2D eigenvalue weighted by Crippen LogP contribution is -2.19. The minimum Gasteiger partial charge on any atom is -0.431 e. The van der Waals surface area contributed by atoms with Crippen molar-refractivity contribution in [3.63, 3.8) is 0 Å². The van der Waals surface area contributed by atoms with Crippen molar-refractivity contribution in [3.8, 4) is 0 Å². The Balaban J connectivity index is 0.000000354. The first-order valence-corrected chi connectivity index (χ1v) is 5.36. The summed E-state index contributed by atoms with van der Waals surface area (Å²) >= 11 is 0. The Labute approximate surface area is 84.6 Å². The number of esters is 1. The highest BCUT2D eigenvalue weighted by Gasteiger charge is 2.54. The molecule has 2 nitrogen and oxygen atoms in total. The topological polar surface area (TPSA) is 26.3 Å². The number of allylic oxidation sites excluding steroid dienone is 3. The molecule has 0 radical (unpaired) electrons. The second-order valence-electron chi connectivity index (χ2n) is 3.89. The highest BCUT2D eigenvalue weighted by Crippen LogP contribution is 2.54. The van der Waals surface area contributed by atoms with E-state index in [1.807, 2.05) is 13.8 Å². The van der Waals surface area contributed by atoms with Gasteiger partial charge >= 0.3 is 5.97 Å². The molecule has 0 amide bonds. The van der Waals surface area contributed by atoms with Crippen LogP contribution in [-0.4, -0.2) is 5.97 Å². The van der Waals surface area contributed by atoms with Crippen molar-refractivity contribution >= 4 is 5.97 Å². The SMILES string of the molecule is C=C1OC(=O)C2C3C=CC(C3)C12.CC. The lowest BCUT2D eigenvalue weighted by Gasteiger charge is -2.14. The summed E-state index contributed by atoms with van der Waals surface area (Å²) < 4.78 is 5.04. The maximum atomic E-state index is 11.3. The predicted octanol–water partition coefficient (Wildman–Crippen LogP) is 2.52. The van der Waals surface area contributed by atoms with Gasteiger partial charge in [-0.3, -0.25) is 4.79 Å². The summed E-state index contributed by atoms with van der Waals surface area (Å²) in [4.78, 5) is 11.3. The summed E-state index contributed by atoms with van der Waals surface area (Å²) in [5.74, 6) is 2.01. The molecule has 1 heterocycles. The lowest BCUT2D eigenvalue weighted by molar-refractivity contribution is -0.139. The van der Waals surface area contributed by atoms with Gasteiger partial charge in [0, 0.05) is 5.92 Å². The van der Waals surface area contributed by atoms with E-state index in [0.29, 0.717) is 23.5 Å². The summed E-state index contributed by atoms with van der Waals surface area (Å²) in [5, 5.41) is 0. The minimum atomic E-state index is -0.0538. The van der Waals surface area contributed by atoms with Gasteiger partial charge in [-0.05, 0) is 18.3 Å². The second kappa shape index (κ2) is 3.26. The molecule has 0 N–H and O–H groups in total. The third kappa shape index (κ3) is 1.06. The average Bonchev–Trinajstić information content (AvgIpc) is 2.84. The zero-order chi connectivity index (χ0) is 10.3. The zero-order valence-corrected chi connectivity index (χ0v) is 8.69. The Morgan fingerprint density at radius 3 is 2.43 bits per heavy atom. The summed E-state index contributed by atoms with van der Waals surface area (Å²) in [7, 11) is 0. The molecule has 0 aromatic rings. The summed E-state index contributed by atoms with van der Waals surface area (Å²) in [6, 6.07) is 0. The van der Waals surface area contributed by atoms with Gasteiger partial charge in [0.15, 0.2) is 0 Å². The average molecular weight is 192 g/mol. The number of rotatable bonds is 0. The molecule has 2 bridgehead atoms. The van der Waals surface area contributed by atoms with Crippen LogP contribution in [0.2, 0.25) is 0 Å². The van der Waals surface area contributed by atoms with Crippen LogP contribution in [0.4, 0.5) is 0 Å². The van der Waals surface area contributed by atoms with Crippen LogP contribution >= 0.6 is 0 Å². The van der Waals surface area contributed by atoms with E-state index in [9.17, 15) is 4.79 Å². The highest BCUT2D eigenvalue weighted by atomic mass is 16.5. The zero-order valence-electron chi connectivity index (χ0n) is 8.69. The second-order valence-corrected chi connectivity index (χ2v) is 3.89. The lowest BCUT2D eigenvalue weighted by atomic mass is 9.84. The molecule has 2 fully saturated rings. The fourth-order valence-corrected chi connectivity index (χ4v) is 2.85. The fourth-order valence-electron chi connectivity index (χ4n) is 2.85. The summed E-state index contributed by atoms with van der Waals surface area (Å²) in [6.07, 6.45) is 5.49. The quantitative estimate of drug-likeness (QED) is 0.435. The molecule has 2 aliphatic carbocycles. The van der Waals surface area contributed by atoms with Crippen LogP contribution in [0.25, 0.3) is 0 Å². The molecule has 2 heteroatoms. The molecule has 0 aromatic carbocycles. The number of cyclic esters (lactones) is 1. The van der Waals surface area contributed by atoms with Gasteiger partial charge < -0.3 is 4.74 Å². The Hall–Kier alpha value is -1.05. The number of ether oxygens (including phenoxy) is 1. The summed E-state index contributed by atoms with van der Waals surface area (Å²) in [6.45, 7) is 7.79. The fraction of sp³-hybridized carbons (Fsp3) is 0.583. The van der Waals surface area contributed by atoms with E-state index in [0.717, 1.165) is 6.42 Å². The van der Waals surface area contributed by atoms with E-state index in [1.165, 1.54) is 0 Å². The van der Waals surface area contributed by atoms with Crippen LogP contribution in [-0.2, 0) is 9.53 Å². The molecule has 3 aliphatic rings. The van der Waals surface area contributed by atoms with Gasteiger partial charge in [0.25, 0.3) is 0 Å². The first-order valence-electron chi connectivity index (χ1n) is 5.36. The summed E-state index contributed by atoms with van der Waals surface area (Å²) in [5.41, 5.74) is 0. The van der Waals surface area contributed by atoms with Gasteiger partial charge in [-0.2, -0.15) is 0 Å². The molecule has 0 spiro atoms. The van der Waals surface area contributed by atoms with Crippen molar-refractivity contribution in [2.24, 2.45) is 23.7 Å². The van der Waals surface area contributed by atoms with Crippen molar-refractivity contribution in [1.29, 1.82) is 0 Å². The van der Waals surface area contributed by atoms with E-state index < -0.39 is 0 Å². The first kappa shape index (κ1) is 9.50. The molecule has 1 saturated heterocycles. The van der Waals surface area contributed by atoms with Gasteiger partial charge in [-0.1, -0.05) is 32.6 Å². The van der Waals surface area contributed by atoms with Crippen molar-refractivity contribution in [2.45, 2.75) is 20.3 Å². The molecule has 1 saturated carbocycles. The standard InChI is InChI=1S/C10H10O2.C2H6/c1-5-8-6-2-3-7(4-6)9(8)10(11)12-5;1-2/h2-3,6-9H,1,4H2;1-2H3. The van der Waals surface area contributed by atoms with E-state index in [4.69, 9.17) is 4.74 Å². The van der Waals surface area contributed by atoms with E-state index in [1.54, 1.807) is 0 Å². The van der Waals surface area contributed by atoms with E-state index in [2.05, 4.69) is 18.7 Å². The third-order valence-corrected chi connectivity index (χ3v) is 3.33. The maximum absolute atomic E-state index is 11.3. The molecule has 76 valence electrons. The largest absolute Gasteiger partial charge is 0.431 e. The van der Waals surface area contributed by atoms with Crippen LogP contribution in [0.3, 0.4) is 0 Å². The van der Waals surface area contributed by atoms with Gasteiger partial charge in [-0.25, -0.2) is 0 Å². The molecular formula is C12H16O2. The van der Waals surface area contributed by atoms with Crippen LogP contribution in [0.15, 0.2) is 24.5 Å². The van der Waals surface area contributed by atoms with Crippen molar-refractivity contribution in [1.82, 2.24) is 0 Å². The van der Waals surface area contributed by atoms with Crippen LogP contribution in [0, 0.1) is 23.7 Å². The number of carbonyl (C=O) groups excluding carboxylic acids is 1. The molecular weight excluding hydrogens is 176 g/mol. The van der Waals surface area contributed by atoms with Gasteiger partial charge in [-0.15, -0.1) is 0 Å². The Morgan fingerprint density at radius 1 is 1.29 bits per heavy atom. The Kier molecular flexibility index (Phi) is 2.22. The molecule has 14 heavy (non-hydrogen) atoms. The van der Waals surface area contributed by atoms with Crippen LogP contribution in [0.5, 0.6) is 0 Å².